The van der Waals surface area contributed by atoms with Gasteiger partial charge < -0.3 is 4.90 Å². The van der Waals surface area contributed by atoms with Gasteiger partial charge in [0.05, 0.1) is 10.6 Å². The first-order valence-electron chi connectivity index (χ1n) is 8.77. The zero-order valence-electron chi connectivity index (χ0n) is 14.5. The van der Waals surface area contributed by atoms with Crippen molar-refractivity contribution in [1.82, 2.24) is 4.72 Å². The summed E-state index contributed by atoms with van der Waals surface area (Å²) in [6.45, 7) is 0.724. The third-order valence-corrected chi connectivity index (χ3v) is 7.52. The highest BCUT2D eigenvalue weighted by Crippen LogP contribution is 2.40. The molecule has 1 saturated carbocycles. The molecule has 1 aliphatic carbocycles. The normalized spacial score (nSPS) is 16.9. The highest BCUT2D eigenvalue weighted by Gasteiger charge is 2.36. The second kappa shape index (κ2) is 7.47. The number of hydrogen-bond donors (Lipinski definition) is 1. The van der Waals surface area contributed by atoms with E-state index in [9.17, 15) is 13.2 Å². The van der Waals surface area contributed by atoms with Crippen molar-refractivity contribution in [2.75, 3.05) is 17.2 Å². The third-order valence-electron chi connectivity index (χ3n) is 4.71. The fourth-order valence-corrected chi connectivity index (χ4v) is 5.25. The van der Waals surface area contributed by atoms with Crippen molar-refractivity contribution in [2.45, 2.75) is 29.2 Å². The van der Waals surface area contributed by atoms with Crippen molar-refractivity contribution < 1.29 is 13.2 Å². The Balaban J connectivity index is 1.59. The minimum absolute atomic E-state index is 0.0968. The predicted octanol–water partition coefficient (Wildman–Crippen LogP) is 3.67. The molecule has 1 heterocycles. The number of rotatable bonds is 5. The number of fused-ring (bicyclic) bond motifs is 1. The predicted molar refractivity (Wildman–Crippen MR) is 108 cm³/mol. The molecule has 0 aromatic heterocycles. The average molecular weight is 423 g/mol. The van der Waals surface area contributed by atoms with Crippen LogP contribution in [0.1, 0.15) is 18.4 Å². The second-order valence-electron chi connectivity index (χ2n) is 6.66. The summed E-state index contributed by atoms with van der Waals surface area (Å²) in [5.41, 5.74) is 1.41. The maximum atomic E-state index is 12.8. The first kappa shape index (κ1) is 18.8. The summed E-state index contributed by atoms with van der Waals surface area (Å²) in [4.78, 5) is 15.4. The monoisotopic (exact) mass is 422 g/mol. The maximum absolute atomic E-state index is 12.8. The first-order chi connectivity index (χ1) is 13.0. The number of nitrogens with zero attached hydrogens (tertiary/aromatic N) is 1. The SMILES string of the molecule is O=C(C1CC1)N1CCSc2ccc(S(=O)(=O)NCc3ccccc3Cl)cc21. The van der Waals surface area contributed by atoms with Crippen LogP contribution in [0, 0.1) is 5.92 Å². The van der Waals surface area contributed by atoms with Gasteiger partial charge in [-0.2, -0.15) is 0 Å². The molecule has 0 saturated heterocycles. The Kier molecular flexibility index (Phi) is 5.20. The highest BCUT2D eigenvalue weighted by molar-refractivity contribution is 7.99. The number of nitrogens with one attached hydrogen (secondary N) is 1. The van der Waals surface area contributed by atoms with Crippen LogP contribution in [0.15, 0.2) is 52.3 Å². The van der Waals surface area contributed by atoms with Crippen molar-refractivity contribution in [3.05, 3.63) is 53.1 Å². The molecule has 1 N–H and O–H groups in total. The molecule has 2 aliphatic rings. The van der Waals surface area contributed by atoms with E-state index in [1.165, 1.54) is 0 Å². The van der Waals surface area contributed by atoms with Crippen LogP contribution in [0.3, 0.4) is 0 Å². The maximum Gasteiger partial charge on any atom is 0.240 e. The number of carbonyl (C=O) groups excluding carboxylic acids is 1. The van der Waals surface area contributed by atoms with E-state index >= 15 is 0 Å². The fourth-order valence-electron chi connectivity index (χ4n) is 3.04. The second-order valence-corrected chi connectivity index (χ2v) is 9.97. The van der Waals surface area contributed by atoms with Gasteiger partial charge in [-0.3, -0.25) is 4.79 Å². The summed E-state index contributed by atoms with van der Waals surface area (Å²) in [6, 6.07) is 12.1. The number of thioether (sulfide) groups is 1. The largest absolute Gasteiger partial charge is 0.310 e. The molecule has 2 aromatic rings. The van der Waals surface area contributed by atoms with Crippen LogP contribution >= 0.6 is 23.4 Å². The van der Waals surface area contributed by atoms with Crippen LogP contribution in [0.4, 0.5) is 5.69 Å². The van der Waals surface area contributed by atoms with E-state index in [4.69, 9.17) is 11.6 Å². The Hall–Kier alpha value is -1.54. The number of carbonyl (C=O) groups is 1. The highest BCUT2D eigenvalue weighted by atomic mass is 35.5. The van der Waals surface area contributed by atoms with E-state index in [-0.39, 0.29) is 23.3 Å². The number of halogens is 1. The molecule has 0 atom stereocenters. The molecule has 0 bridgehead atoms. The van der Waals surface area contributed by atoms with Gasteiger partial charge in [-0.15, -0.1) is 11.8 Å². The third kappa shape index (κ3) is 4.01. The molecule has 0 spiro atoms. The summed E-state index contributed by atoms with van der Waals surface area (Å²) >= 11 is 7.75. The quantitative estimate of drug-likeness (QED) is 0.798. The summed E-state index contributed by atoms with van der Waals surface area (Å²) in [7, 11) is -3.72. The molecule has 1 aliphatic heterocycles. The van der Waals surface area contributed by atoms with Gasteiger partial charge >= 0.3 is 0 Å². The van der Waals surface area contributed by atoms with E-state index in [1.807, 2.05) is 6.07 Å². The van der Waals surface area contributed by atoms with E-state index in [0.717, 1.165) is 23.5 Å². The number of sulfonamides is 1. The number of hydrogen-bond acceptors (Lipinski definition) is 4. The fraction of sp³-hybridized carbons (Fsp3) is 0.316. The molecule has 0 radical (unpaired) electrons. The van der Waals surface area contributed by atoms with Crippen molar-refractivity contribution >= 4 is 45.0 Å². The van der Waals surface area contributed by atoms with Gasteiger partial charge in [0.15, 0.2) is 0 Å². The molecular formula is C19H19ClN2O3S2. The van der Waals surface area contributed by atoms with E-state index in [2.05, 4.69) is 4.72 Å². The van der Waals surface area contributed by atoms with Gasteiger partial charge in [-0.1, -0.05) is 29.8 Å². The van der Waals surface area contributed by atoms with E-state index < -0.39 is 10.0 Å². The number of amides is 1. The average Bonchev–Trinajstić information content (AvgIpc) is 3.51. The van der Waals surface area contributed by atoms with Crippen molar-refractivity contribution in [3.63, 3.8) is 0 Å². The van der Waals surface area contributed by atoms with Crippen LogP contribution in [0.5, 0.6) is 0 Å². The van der Waals surface area contributed by atoms with Gasteiger partial charge in [0.25, 0.3) is 0 Å². The lowest BCUT2D eigenvalue weighted by molar-refractivity contribution is -0.119. The molecule has 142 valence electrons. The standard InChI is InChI=1S/C19H19ClN2O3S2/c20-16-4-2-1-3-14(16)12-21-27(24,25)15-7-8-18-17(11-15)22(9-10-26-18)19(23)13-5-6-13/h1-4,7-8,11,13,21H,5-6,9-10,12H2. The molecule has 1 amide bonds. The van der Waals surface area contributed by atoms with Gasteiger partial charge in [0.2, 0.25) is 15.9 Å². The summed E-state index contributed by atoms with van der Waals surface area (Å²) in [6.07, 6.45) is 1.85. The minimum atomic E-state index is -3.72. The Morgan fingerprint density at radius 2 is 2.00 bits per heavy atom. The van der Waals surface area contributed by atoms with E-state index in [1.54, 1.807) is 53.1 Å². The van der Waals surface area contributed by atoms with Gasteiger partial charge in [0, 0.05) is 34.7 Å². The van der Waals surface area contributed by atoms with Crippen molar-refractivity contribution in [1.29, 1.82) is 0 Å². The Bertz CT molecular complexity index is 990. The molecule has 27 heavy (non-hydrogen) atoms. The van der Waals surface area contributed by atoms with Gasteiger partial charge in [-0.25, -0.2) is 13.1 Å². The Morgan fingerprint density at radius 3 is 2.74 bits per heavy atom. The lowest BCUT2D eigenvalue weighted by atomic mass is 10.2. The van der Waals surface area contributed by atoms with Crippen LogP contribution in [-0.2, 0) is 21.4 Å². The minimum Gasteiger partial charge on any atom is -0.310 e. The lowest BCUT2D eigenvalue weighted by Crippen LogP contribution is -2.36. The smallest absolute Gasteiger partial charge is 0.240 e. The number of anilines is 1. The van der Waals surface area contributed by atoms with Crippen molar-refractivity contribution in [2.24, 2.45) is 5.92 Å². The van der Waals surface area contributed by atoms with Gasteiger partial charge in [0.1, 0.15) is 0 Å². The summed E-state index contributed by atoms with van der Waals surface area (Å²) < 4.78 is 28.1. The number of benzene rings is 2. The molecule has 2 aromatic carbocycles. The lowest BCUT2D eigenvalue weighted by Gasteiger charge is -2.29. The van der Waals surface area contributed by atoms with Crippen molar-refractivity contribution in [3.8, 4) is 0 Å². The van der Waals surface area contributed by atoms with E-state index in [0.29, 0.717) is 22.8 Å². The van der Waals surface area contributed by atoms with Crippen LogP contribution in [0.2, 0.25) is 5.02 Å². The molecule has 1 fully saturated rings. The molecule has 0 unspecified atom stereocenters. The Morgan fingerprint density at radius 1 is 1.22 bits per heavy atom. The topological polar surface area (TPSA) is 66.5 Å². The molecule has 5 nitrogen and oxygen atoms in total. The zero-order valence-corrected chi connectivity index (χ0v) is 16.9. The van der Waals surface area contributed by atoms with Crippen LogP contribution < -0.4 is 9.62 Å². The molecule has 4 rings (SSSR count). The summed E-state index contributed by atoms with van der Waals surface area (Å²) in [5, 5.41) is 0.517. The van der Waals surface area contributed by atoms with Crippen LogP contribution in [0.25, 0.3) is 0 Å². The summed E-state index contributed by atoms with van der Waals surface area (Å²) in [5.74, 6) is 1.03. The molecular weight excluding hydrogens is 404 g/mol. The molecule has 8 heteroatoms. The van der Waals surface area contributed by atoms with Gasteiger partial charge in [-0.05, 0) is 42.7 Å². The first-order valence-corrected chi connectivity index (χ1v) is 11.6. The zero-order chi connectivity index (χ0) is 19.0. The Labute approximate surface area is 168 Å². The van der Waals surface area contributed by atoms with Crippen LogP contribution in [-0.4, -0.2) is 26.6 Å².